The Bertz CT molecular complexity index is 695. The van der Waals surface area contributed by atoms with E-state index in [0.717, 1.165) is 80.0 Å². The summed E-state index contributed by atoms with van der Waals surface area (Å²) in [4.78, 5) is 25.6. The van der Waals surface area contributed by atoms with Crippen molar-refractivity contribution in [3.8, 4) is 0 Å². The molecule has 5 aliphatic carbocycles. The van der Waals surface area contributed by atoms with Crippen LogP contribution in [0.3, 0.4) is 0 Å². The monoisotopic (exact) mass is 416 g/mol. The lowest BCUT2D eigenvalue weighted by atomic mass is 9.62. The van der Waals surface area contributed by atoms with Crippen molar-refractivity contribution in [2.45, 2.75) is 97.2 Å². The van der Waals surface area contributed by atoms with Crippen LogP contribution in [0.15, 0.2) is 0 Å². The molecule has 5 saturated carbocycles. The summed E-state index contributed by atoms with van der Waals surface area (Å²) in [7, 11) is 0. The first-order chi connectivity index (χ1) is 14.3. The molecular formula is C26H40O4. The zero-order chi connectivity index (χ0) is 21.2. The lowest BCUT2D eigenvalue weighted by Crippen LogP contribution is -2.41. The van der Waals surface area contributed by atoms with Gasteiger partial charge in [-0.25, -0.2) is 0 Å². The van der Waals surface area contributed by atoms with Gasteiger partial charge >= 0.3 is 11.9 Å². The van der Waals surface area contributed by atoms with Crippen LogP contribution in [0.2, 0.25) is 0 Å². The summed E-state index contributed by atoms with van der Waals surface area (Å²) in [5, 5.41) is 0. The molecule has 5 fully saturated rings. The molecule has 0 aliphatic heterocycles. The largest absolute Gasteiger partial charge is 0.462 e. The first kappa shape index (κ1) is 20.8. The highest BCUT2D eigenvalue weighted by Crippen LogP contribution is 2.71. The number of esters is 2. The first-order valence-corrected chi connectivity index (χ1v) is 12.8. The molecule has 10 atom stereocenters. The van der Waals surface area contributed by atoms with Crippen LogP contribution >= 0.6 is 0 Å². The van der Waals surface area contributed by atoms with E-state index in [-0.39, 0.29) is 29.9 Å². The summed E-state index contributed by atoms with van der Waals surface area (Å²) in [6.07, 6.45) is 8.52. The molecule has 5 rings (SSSR count). The number of carbonyl (C=O) groups is 2. The lowest BCUT2D eigenvalue weighted by molar-refractivity contribution is -0.167. The molecule has 10 unspecified atom stereocenters. The van der Waals surface area contributed by atoms with Crippen LogP contribution in [0, 0.1) is 53.3 Å². The van der Waals surface area contributed by atoms with Crippen molar-refractivity contribution < 1.29 is 19.1 Å². The quantitative estimate of drug-likeness (QED) is 0.431. The smallest absolute Gasteiger partial charge is 0.310 e. The summed E-state index contributed by atoms with van der Waals surface area (Å²) < 4.78 is 11.7. The second-order valence-electron chi connectivity index (χ2n) is 11.6. The second-order valence-corrected chi connectivity index (χ2v) is 11.6. The van der Waals surface area contributed by atoms with Gasteiger partial charge in [0.2, 0.25) is 0 Å². The van der Waals surface area contributed by atoms with E-state index < -0.39 is 6.10 Å². The number of ether oxygens (including phenoxy) is 2. The molecule has 5 aliphatic rings. The minimum atomic E-state index is -0.394. The van der Waals surface area contributed by atoms with Gasteiger partial charge in [-0.2, -0.15) is 0 Å². The first-order valence-electron chi connectivity index (χ1n) is 12.8. The third-order valence-corrected chi connectivity index (χ3v) is 10.4. The fourth-order valence-corrected chi connectivity index (χ4v) is 8.89. The minimum absolute atomic E-state index is 0.0456. The Kier molecular flexibility index (Phi) is 5.22. The predicted octanol–water partition coefficient (Wildman–Crippen LogP) is 5.38. The van der Waals surface area contributed by atoms with E-state index in [2.05, 4.69) is 20.8 Å². The van der Waals surface area contributed by atoms with Gasteiger partial charge < -0.3 is 9.47 Å². The SMILES string of the molecule is CCC1(OC(=O)CC(C)OC(=O)C2CC3CC2C2C4CC(C(C)C4C)C32)CCCC1. The maximum Gasteiger partial charge on any atom is 0.310 e. The van der Waals surface area contributed by atoms with E-state index in [9.17, 15) is 9.59 Å². The predicted molar refractivity (Wildman–Crippen MR) is 114 cm³/mol. The van der Waals surface area contributed by atoms with Gasteiger partial charge in [0, 0.05) is 0 Å². The summed E-state index contributed by atoms with van der Waals surface area (Å²) in [5.41, 5.74) is -0.268. The maximum absolute atomic E-state index is 13.1. The molecule has 4 heteroatoms. The molecule has 4 nitrogen and oxygen atoms in total. The fraction of sp³-hybridized carbons (Fsp3) is 0.923. The van der Waals surface area contributed by atoms with Crippen molar-refractivity contribution in [1.82, 2.24) is 0 Å². The maximum atomic E-state index is 13.1. The van der Waals surface area contributed by atoms with Gasteiger partial charge in [-0.1, -0.05) is 20.8 Å². The van der Waals surface area contributed by atoms with Gasteiger partial charge in [0.25, 0.3) is 0 Å². The molecule has 0 spiro atoms. The van der Waals surface area contributed by atoms with Gasteiger partial charge in [-0.3, -0.25) is 9.59 Å². The van der Waals surface area contributed by atoms with E-state index in [1.807, 2.05) is 6.92 Å². The normalized spacial score (nSPS) is 46.1. The van der Waals surface area contributed by atoms with Gasteiger partial charge in [-0.05, 0) is 106 Å². The number of fused-ring (bicyclic) bond motifs is 9. The molecule has 0 radical (unpaired) electrons. The highest BCUT2D eigenvalue weighted by Gasteiger charge is 2.66. The number of hydrogen-bond acceptors (Lipinski definition) is 4. The fourth-order valence-electron chi connectivity index (χ4n) is 8.89. The van der Waals surface area contributed by atoms with Crippen LogP contribution in [0.25, 0.3) is 0 Å². The molecule has 0 aromatic heterocycles. The standard InChI is InChI=1S/C26H40O4/c1-5-26(8-6-7-9-26)30-22(27)10-14(2)29-25(28)21-12-17-11-20(21)24-19-13-18(23(17)24)15(3)16(19)4/h14-21,23-24H,5-13H2,1-4H3. The van der Waals surface area contributed by atoms with Crippen molar-refractivity contribution in [3.05, 3.63) is 0 Å². The molecule has 0 aromatic carbocycles. The highest BCUT2D eigenvalue weighted by molar-refractivity contribution is 5.75. The second kappa shape index (κ2) is 7.52. The molecule has 30 heavy (non-hydrogen) atoms. The lowest BCUT2D eigenvalue weighted by Gasteiger charge is -2.43. The van der Waals surface area contributed by atoms with Crippen molar-refractivity contribution in [1.29, 1.82) is 0 Å². The van der Waals surface area contributed by atoms with Crippen LogP contribution in [0.5, 0.6) is 0 Å². The molecule has 0 aromatic rings. The topological polar surface area (TPSA) is 52.6 Å². The van der Waals surface area contributed by atoms with E-state index in [4.69, 9.17) is 9.47 Å². The Morgan fingerprint density at radius 1 is 0.967 bits per heavy atom. The summed E-state index contributed by atoms with van der Waals surface area (Å²) >= 11 is 0. The van der Waals surface area contributed by atoms with Gasteiger partial charge in [0.1, 0.15) is 11.7 Å². The van der Waals surface area contributed by atoms with E-state index in [1.54, 1.807) is 0 Å². The van der Waals surface area contributed by atoms with Crippen molar-refractivity contribution in [2.75, 3.05) is 0 Å². The van der Waals surface area contributed by atoms with Gasteiger partial charge in [0.05, 0.1) is 12.3 Å². The Morgan fingerprint density at radius 2 is 1.63 bits per heavy atom. The highest BCUT2D eigenvalue weighted by atomic mass is 16.6. The van der Waals surface area contributed by atoms with Gasteiger partial charge in [0.15, 0.2) is 0 Å². The van der Waals surface area contributed by atoms with E-state index in [0.29, 0.717) is 5.92 Å². The molecule has 0 N–H and O–H groups in total. The van der Waals surface area contributed by atoms with E-state index in [1.165, 1.54) is 12.8 Å². The third-order valence-electron chi connectivity index (χ3n) is 10.4. The van der Waals surface area contributed by atoms with Gasteiger partial charge in [-0.15, -0.1) is 0 Å². The van der Waals surface area contributed by atoms with Crippen molar-refractivity contribution in [3.63, 3.8) is 0 Å². The van der Waals surface area contributed by atoms with Crippen LogP contribution in [-0.4, -0.2) is 23.6 Å². The molecule has 0 amide bonds. The third kappa shape index (κ3) is 3.14. The Morgan fingerprint density at radius 3 is 2.30 bits per heavy atom. The van der Waals surface area contributed by atoms with Crippen LogP contribution < -0.4 is 0 Å². The van der Waals surface area contributed by atoms with Crippen LogP contribution in [0.1, 0.15) is 85.5 Å². The van der Waals surface area contributed by atoms with Crippen LogP contribution in [-0.2, 0) is 19.1 Å². The zero-order valence-corrected chi connectivity index (χ0v) is 19.3. The molecule has 4 bridgehead atoms. The van der Waals surface area contributed by atoms with Crippen molar-refractivity contribution >= 4 is 11.9 Å². The average molecular weight is 417 g/mol. The Balaban J connectivity index is 1.16. The summed E-state index contributed by atoms with van der Waals surface area (Å²) in [6, 6.07) is 0. The van der Waals surface area contributed by atoms with E-state index >= 15 is 0 Å². The Hall–Kier alpha value is -1.06. The minimum Gasteiger partial charge on any atom is -0.462 e. The number of rotatable bonds is 6. The Labute approximate surface area is 181 Å². The average Bonchev–Trinajstić information content (AvgIpc) is 3.48. The molecule has 0 saturated heterocycles. The van der Waals surface area contributed by atoms with Crippen molar-refractivity contribution in [2.24, 2.45) is 53.3 Å². The summed E-state index contributed by atoms with van der Waals surface area (Å²) in [6.45, 7) is 8.84. The molecule has 0 heterocycles. The summed E-state index contributed by atoms with van der Waals surface area (Å²) in [5.74, 6) is 6.09. The molecular weight excluding hydrogens is 376 g/mol. The zero-order valence-electron chi connectivity index (χ0n) is 19.3. The number of carbonyl (C=O) groups excluding carboxylic acids is 2. The number of hydrogen-bond donors (Lipinski definition) is 0. The van der Waals surface area contributed by atoms with Crippen LogP contribution in [0.4, 0.5) is 0 Å². The molecule has 168 valence electrons.